The molecule has 0 aliphatic heterocycles. The fraction of sp³-hybridized carbons (Fsp3) is 1.00. The number of nitrogens with one attached hydrogen (secondary N) is 1. The van der Waals surface area contributed by atoms with Gasteiger partial charge in [0.2, 0.25) is 0 Å². The highest BCUT2D eigenvalue weighted by atomic mass is 32.2. The Morgan fingerprint density at radius 3 is 2.00 bits per heavy atom. The van der Waals surface area contributed by atoms with E-state index in [1.807, 2.05) is 0 Å². The fourth-order valence-corrected chi connectivity index (χ4v) is 2.47. The fourth-order valence-electron chi connectivity index (χ4n) is 0.825. The normalized spacial score (nSPS) is 16.1. The van der Waals surface area contributed by atoms with Gasteiger partial charge in [0.05, 0.1) is 0 Å². The molecule has 0 heterocycles. The van der Waals surface area contributed by atoms with Crippen LogP contribution in [0.25, 0.3) is 0 Å². The Bertz CT molecular complexity index is 230. The minimum atomic E-state index is -3.62. The molecule has 0 rings (SSSR count). The van der Waals surface area contributed by atoms with E-state index in [-0.39, 0.29) is 5.75 Å². The third-order valence-electron chi connectivity index (χ3n) is 1.34. The third-order valence-corrected chi connectivity index (χ3v) is 3.44. The first-order valence-electron chi connectivity index (χ1n) is 3.97. The maximum atomic E-state index is 13.2. The van der Waals surface area contributed by atoms with Crippen molar-refractivity contribution < 1.29 is 17.4 Å². The summed E-state index contributed by atoms with van der Waals surface area (Å²) < 4.78 is 34.6. The highest BCUT2D eigenvalue weighted by Crippen LogP contribution is 1.96. The second kappa shape index (κ2) is 3.70. The lowest BCUT2D eigenvalue weighted by atomic mass is 10.1. The van der Waals surface area contributed by atoms with E-state index < -0.39 is 20.1 Å². The summed E-state index contributed by atoms with van der Waals surface area (Å²) in [5.41, 5.74) is -0.895. The number of quaternary nitrogens is 1. The molecule has 5 heteroatoms. The van der Waals surface area contributed by atoms with Crippen LogP contribution in [-0.4, -0.2) is 19.7 Å². The molecule has 1 unspecified atom stereocenters. The van der Waals surface area contributed by atoms with E-state index in [2.05, 4.69) is 0 Å². The zero-order chi connectivity index (χ0) is 9.99. The summed E-state index contributed by atoms with van der Waals surface area (Å²) >= 11 is 0. The molecule has 1 atom stereocenters. The molecule has 3 nitrogen and oxygen atoms in total. The van der Waals surface area contributed by atoms with Crippen molar-refractivity contribution in [1.29, 1.82) is 0 Å². The van der Waals surface area contributed by atoms with Crippen molar-refractivity contribution in [3.63, 3.8) is 0 Å². The molecule has 0 aromatic rings. The van der Waals surface area contributed by atoms with E-state index in [1.165, 1.54) is 0 Å². The molecule has 0 aromatic carbocycles. The van der Waals surface area contributed by atoms with Crippen LogP contribution >= 0.6 is 0 Å². The van der Waals surface area contributed by atoms with E-state index >= 15 is 0 Å². The molecule has 0 bridgehead atoms. The van der Waals surface area contributed by atoms with Crippen molar-refractivity contribution >= 4 is 10.0 Å². The molecule has 12 heavy (non-hydrogen) atoms. The van der Waals surface area contributed by atoms with Gasteiger partial charge in [0, 0.05) is 4.48 Å². The molecule has 0 saturated heterocycles. The molecular weight excluding hydrogens is 181 g/mol. The van der Waals surface area contributed by atoms with Gasteiger partial charge in [-0.3, -0.25) is 0 Å². The summed E-state index contributed by atoms with van der Waals surface area (Å²) in [6.45, 7) is 6.37. The number of halogens is 1. The first-order chi connectivity index (χ1) is 5.22. The average Bonchev–Trinajstić information content (AvgIpc) is 1.84. The van der Waals surface area contributed by atoms with Gasteiger partial charge in [0.25, 0.3) is 0 Å². The quantitative estimate of drug-likeness (QED) is 0.662. The van der Waals surface area contributed by atoms with Crippen LogP contribution in [0.4, 0.5) is 4.48 Å². The lowest BCUT2D eigenvalue weighted by Crippen LogP contribution is -3.14. The minimum Gasteiger partial charge on any atom is -0.170 e. The van der Waals surface area contributed by atoms with Crippen molar-refractivity contribution in [2.45, 2.75) is 39.7 Å². The Hall–Kier alpha value is -0.160. The van der Waals surface area contributed by atoms with E-state index in [9.17, 15) is 12.9 Å². The lowest BCUT2D eigenvalue weighted by Gasteiger charge is -2.20. The van der Waals surface area contributed by atoms with Crippen LogP contribution in [0, 0.1) is 0 Å². The first kappa shape index (κ1) is 11.8. The molecule has 1 N–H and O–H groups in total. The molecule has 0 radical (unpaired) electrons. The Kier molecular flexibility index (Phi) is 3.65. The molecule has 0 aliphatic rings. The van der Waals surface area contributed by atoms with E-state index in [1.54, 1.807) is 27.7 Å². The highest BCUT2D eigenvalue weighted by molar-refractivity contribution is 7.84. The van der Waals surface area contributed by atoms with Crippen molar-refractivity contribution in [3.8, 4) is 0 Å². The third kappa shape index (κ3) is 3.06. The van der Waals surface area contributed by atoms with Crippen LogP contribution in [0.15, 0.2) is 0 Å². The monoisotopic (exact) mass is 198 g/mol. The topological polar surface area (TPSA) is 38.6 Å². The number of rotatable bonds is 3. The van der Waals surface area contributed by atoms with Crippen LogP contribution in [-0.2, 0) is 10.0 Å². The van der Waals surface area contributed by atoms with Gasteiger partial charge in [0.15, 0.2) is 0 Å². The zero-order valence-electron chi connectivity index (χ0n) is 8.02. The first-order valence-corrected chi connectivity index (χ1v) is 5.62. The van der Waals surface area contributed by atoms with Gasteiger partial charge < -0.3 is 0 Å². The van der Waals surface area contributed by atoms with Gasteiger partial charge in [-0.2, -0.15) is 8.42 Å². The van der Waals surface area contributed by atoms with E-state index in [0.717, 1.165) is 0 Å². The summed E-state index contributed by atoms with van der Waals surface area (Å²) in [4.78, 5) is 0. The number of sulfonamides is 1. The standard InChI is InChI=1S/C7H16FNO2S/c1-5-6-12(10,11)9(8)7(2,3)4/h5-6H2,1-4H3/p+1. The maximum Gasteiger partial charge on any atom is 0.331 e. The molecule has 0 spiro atoms. The minimum absolute atomic E-state index is 0.101. The predicted molar refractivity (Wildman–Crippen MR) is 45.9 cm³/mol. The van der Waals surface area contributed by atoms with E-state index in [0.29, 0.717) is 6.42 Å². The van der Waals surface area contributed by atoms with Crippen LogP contribution in [0.2, 0.25) is 0 Å². The van der Waals surface area contributed by atoms with E-state index in [4.69, 9.17) is 0 Å². The molecule has 0 fully saturated rings. The second-order valence-corrected chi connectivity index (χ2v) is 5.84. The molecule has 0 amide bonds. The number of hydrogen-bond donors (Lipinski definition) is 1. The Morgan fingerprint density at radius 1 is 1.33 bits per heavy atom. The smallest absolute Gasteiger partial charge is 0.170 e. The molecule has 0 aromatic heterocycles. The maximum absolute atomic E-state index is 13.2. The van der Waals surface area contributed by atoms with Gasteiger partial charge in [-0.25, -0.2) is 0 Å². The molecule has 0 saturated carbocycles. The SMILES string of the molecule is CCCS(=O)(=O)[NH+](F)C(C)(C)C. The van der Waals surface area contributed by atoms with Gasteiger partial charge in [0.1, 0.15) is 11.3 Å². The van der Waals surface area contributed by atoms with Gasteiger partial charge in [-0.15, -0.1) is 0 Å². The predicted octanol–water partition coefficient (Wildman–Crippen LogP) is 0.294. The highest BCUT2D eigenvalue weighted by Gasteiger charge is 2.37. The van der Waals surface area contributed by atoms with Crippen molar-refractivity contribution in [2.75, 3.05) is 5.75 Å². The summed E-state index contributed by atoms with van der Waals surface area (Å²) in [5.74, 6) is -0.101. The zero-order valence-corrected chi connectivity index (χ0v) is 8.83. The Labute approximate surface area is 73.6 Å². The van der Waals surface area contributed by atoms with Crippen molar-refractivity contribution in [2.24, 2.45) is 0 Å². The summed E-state index contributed by atoms with van der Waals surface area (Å²) in [6.07, 6.45) is 0.450. The van der Waals surface area contributed by atoms with Gasteiger partial charge >= 0.3 is 10.0 Å². The molecule has 74 valence electrons. The van der Waals surface area contributed by atoms with Crippen molar-refractivity contribution in [1.82, 2.24) is 0 Å². The number of hydrogen-bond acceptors (Lipinski definition) is 2. The van der Waals surface area contributed by atoms with Crippen LogP contribution in [0.3, 0.4) is 0 Å². The Morgan fingerprint density at radius 2 is 1.75 bits per heavy atom. The van der Waals surface area contributed by atoms with Gasteiger partial charge in [-0.05, 0) is 31.7 Å². The van der Waals surface area contributed by atoms with Crippen LogP contribution < -0.4 is 4.53 Å². The van der Waals surface area contributed by atoms with Crippen LogP contribution in [0.5, 0.6) is 0 Å². The second-order valence-electron chi connectivity index (χ2n) is 3.84. The average molecular weight is 198 g/mol. The van der Waals surface area contributed by atoms with Crippen LogP contribution in [0.1, 0.15) is 34.1 Å². The summed E-state index contributed by atoms with van der Waals surface area (Å²) in [6, 6.07) is 0. The summed E-state index contributed by atoms with van der Waals surface area (Å²) in [5, 5.41) is 0. The van der Waals surface area contributed by atoms with Gasteiger partial charge in [-0.1, -0.05) is 6.92 Å². The largest absolute Gasteiger partial charge is 0.331 e. The molecular formula is C7H17FNO2S+. The lowest BCUT2D eigenvalue weighted by molar-refractivity contribution is -0.968. The Balaban J connectivity index is 4.59. The summed E-state index contributed by atoms with van der Waals surface area (Å²) in [7, 11) is -3.62. The van der Waals surface area contributed by atoms with Crippen molar-refractivity contribution in [3.05, 3.63) is 0 Å². The molecule has 0 aliphatic carbocycles.